The van der Waals surface area contributed by atoms with Crippen molar-refractivity contribution in [1.82, 2.24) is 10.2 Å². The molecular formula is C13H17N3O. The van der Waals surface area contributed by atoms with Crippen LogP contribution in [0.5, 0.6) is 0 Å². The van der Waals surface area contributed by atoms with Gasteiger partial charge in [0.15, 0.2) is 0 Å². The van der Waals surface area contributed by atoms with Crippen LogP contribution in [-0.2, 0) is 11.2 Å². The normalized spacial score (nSPS) is 26.8. The monoisotopic (exact) mass is 231 g/mol. The lowest BCUT2D eigenvalue weighted by molar-refractivity contribution is -0.132. The van der Waals surface area contributed by atoms with Crippen LogP contribution < -0.4 is 11.1 Å². The molecule has 1 aromatic rings. The minimum absolute atomic E-state index is 0.0770. The molecule has 1 aromatic carbocycles. The standard InChI is InChI=1S/C13H17N3O/c14-11-4-2-1-3-9(11)5-6-16-10-7-12(13(16)17)15-8-10/h1-4,10,12,15H,5-8,14H2. The third-order valence-electron chi connectivity index (χ3n) is 3.81. The lowest BCUT2D eigenvalue weighted by atomic mass is 10.1. The number of nitrogens with one attached hydrogen (secondary N) is 1. The second kappa shape index (κ2) is 4.04. The summed E-state index contributed by atoms with van der Waals surface area (Å²) in [4.78, 5) is 13.9. The number of likely N-dealkylation sites (tertiary alicyclic amines) is 1. The maximum absolute atomic E-state index is 11.9. The van der Waals surface area contributed by atoms with Crippen LogP contribution in [0.1, 0.15) is 12.0 Å². The molecule has 3 N–H and O–H groups in total. The predicted octanol–water partition coefficient (Wildman–Crippen LogP) is 0.384. The summed E-state index contributed by atoms with van der Waals surface area (Å²) in [6, 6.07) is 8.35. The molecule has 4 nitrogen and oxygen atoms in total. The first-order valence-electron chi connectivity index (χ1n) is 6.13. The highest BCUT2D eigenvalue weighted by Crippen LogP contribution is 2.25. The first kappa shape index (κ1) is 10.6. The fraction of sp³-hybridized carbons (Fsp3) is 0.462. The molecule has 90 valence electrons. The number of carbonyl (C=O) groups excluding carboxylic acids is 1. The zero-order chi connectivity index (χ0) is 11.8. The molecule has 4 heteroatoms. The Morgan fingerprint density at radius 3 is 2.94 bits per heavy atom. The minimum Gasteiger partial charge on any atom is -0.399 e. The molecule has 0 aliphatic carbocycles. The third-order valence-corrected chi connectivity index (χ3v) is 3.81. The van der Waals surface area contributed by atoms with E-state index >= 15 is 0 Å². The average molecular weight is 231 g/mol. The first-order chi connectivity index (χ1) is 8.25. The Hall–Kier alpha value is -1.55. The van der Waals surface area contributed by atoms with Gasteiger partial charge in [-0.05, 0) is 24.5 Å². The smallest absolute Gasteiger partial charge is 0.240 e. The van der Waals surface area contributed by atoms with E-state index < -0.39 is 0 Å². The van der Waals surface area contributed by atoms with Gasteiger partial charge in [-0.2, -0.15) is 0 Å². The average Bonchev–Trinajstić information content (AvgIpc) is 2.90. The Labute approximate surface area is 101 Å². The lowest BCUT2D eigenvalue weighted by Gasteiger charge is -2.27. The SMILES string of the molecule is Nc1ccccc1CCN1C(=O)C2CC1CN2. The van der Waals surface area contributed by atoms with Crippen molar-refractivity contribution < 1.29 is 4.79 Å². The number of hydrogen-bond acceptors (Lipinski definition) is 3. The molecule has 2 atom stereocenters. The molecule has 2 saturated heterocycles. The number of nitrogens with two attached hydrogens (primary N) is 1. The van der Waals surface area contributed by atoms with Gasteiger partial charge in [0.1, 0.15) is 0 Å². The summed E-state index contributed by atoms with van der Waals surface area (Å²) in [7, 11) is 0. The number of nitrogen functional groups attached to an aromatic ring is 1. The first-order valence-corrected chi connectivity index (χ1v) is 6.13. The largest absolute Gasteiger partial charge is 0.399 e. The van der Waals surface area contributed by atoms with Gasteiger partial charge >= 0.3 is 0 Å². The van der Waals surface area contributed by atoms with Gasteiger partial charge in [-0.3, -0.25) is 4.79 Å². The zero-order valence-electron chi connectivity index (χ0n) is 9.73. The molecule has 2 unspecified atom stereocenters. The predicted molar refractivity (Wildman–Crippen MR) is 66.5 cm³/mol. The van der Waals surface area contributed by atoms with E-state index in [-0.39, 0.29) is 11.9 Å². The molecule has 0 spiro atoms. The lowest BCUT2D eigenvalue weighted by Crippen LogP contribution is -2.48. The van der Waals surface area contributed by atoms with E-state index in [1.54, 1.807) is 0 Å². The van der Waals surface area contributed by atoms with Crippen molar-refractivity contribution in [1.29, 1.82) is 0 Å². The summed E-state index contributed by atoms with van der Waals surface area (Å²) >= 11 is 0. The highest BCUT2D eigenvalue weighted by Gasteiger charge is 2.43. The van der Waals surface area contributed by atoms with E-state index in [1.165, 1.54) is 0 Å². The van der Waals surface area contributed by atoms with Crippen molar-refractivity contribution in [2.45, 2.75) is 24.9 Å². The Kier molecular flexibility index (Phi) is 2.52. The van der Waals surface area contributed by atoms with Crippen molar-refractivity contribution in [3.8, 4) is 0 Å². The van der Waals surface area contributed by atoms with Gasteiger partial charge in [0.25, 0.3) is 0 Å². The summed E-state index contributed by atoms with van der Waals surface area (Å²) in [6.45, 7) is 1.73. The number of hydrogen-bond donors (Lipinski definition) is 2. The molecular weight excluding hydrogens is 214 g/mol. The van der Waals surface area contributed by atoms with E-state index in [0.29, 0.717) is 6.04 Å². The van der Waals surface area contributed by atoms with E-state index in [4.69, 9.17) is 5.73 Å². The van der Waals surface area contributed by atoms with E-state index in [1.807, 2.05) is 29.2 Å². The van der Waals surface area contributed by atoms with Crippen molar-refractivity contribution in [3.05, 3.63) is 29.8 Å². The number of rotatable bonds is 3. The van der Waals surface area contributed by atoms with Crippen molar-refractivity contribution in [2.24, 2.45) is 0 Å². The molecule has 2 aliphatic heterocycles. The number of carbonyl (C=O) groups is 1. The van der Waals surface area contributed by atoms with Crippen LogP contribution >= 0.6 is 0 Å². The van der Waals surface area contributed by atoms with Crippen LogP contribution in [0.3, 0.4) is 0 Å². The Balaban J connectivity index is 1.66. The Morgan fingerprint density at radius 1 is 1.41 bits per heavy atom. The summed E-state index contributed by atoms with van der Waals surface area (Å²) in [5, 5.41) is 3.23. The molecule has 0 radical (unpaired) electrons. The van der Waals surface area contributed by atoms with Crippen LogP contribution in [0.25, 0.3) is 0 Å². The van der Waals surface area contributed by atoms with Gasteiger partial charge in [0.2, 0.25) is 5.91 Å². The summed E-state index contributed by atoms with van der Waals surface area (Å²) in [5.74, 6) is 0.260. The number of amides is 1. The third kappa shape index (κ3) is 1.78. The second-order valence-electron chi connectivity index (χ2n) is 4.83. The number of benzene rings is 1. The topological polar surface area (TPSA) is 58.4 Å². The highest BCUT2D eigenvalue weighted by molar-refractivity contribution is 5.85. The fourth-order valence-corrected chi connectivity index (χ4v) is 2.82. The molecule has 2 heterocycles. The number of para-hydroxylation sites is 1. The number of nitrogens with zero attached hydrogens (tertiary/aromatic N) is 1. The second-order valence-corrected chi connectivity index (χ2v) is 4.83. The minimum atomic E-state index is 0.0770. The van der Waals surface area contributed by atoms with E-state index in [9.17, 15) is 4.79 Å². The maximum Gasteiger partial charge on any atom is 0.240 e. The molecule has 2 fully saturated rings. The summed E-state index contributed by atoms with van der Waals surface area (Å²) in [5.41, 5.74) is 7.86. The molecule has 3 rings (SSSR count). The summed E-state index contributed by atoms with van der Waals surface area (Å²) < 4.78 is 0. The van der Waals surface area contributed by atoms with Crippen LogP contribution in [0.4, 0.5) is 5.69 Å². The van der Waals surface area contributed by atoms with Gasteiger partial charge in [-0.15, -0.1) is 0 Å². The Bertz CT molecular complexity index is 446. The van der Waals surface area contributed by atoms with Gasteiger partial charge in [0.05, 0.1) is 6.04 Å². The van der Waals surface area contributed by atoms with Crippen molar-refractivity contribution in [2.75, 3.05) is 18.8 Å². The molecule has 17 heavy (non-hydrogen) atoms. The van der Waals surface area contributed by atoms with Crippen LogP contribution in [-0.4, -0.2) is 36.0 Å². The summed E-state index contributed by atoms with van der Waals surface area (Å²) in [6.07, 6.45) is 1.82. The van der Waals surface area contributed by atoms with Crippen LogP contribution in [0.2, 0.25) is 0 Å². The number of piperazine rings is 1. The van der Waals surface area contributed by atoms with Crippen molar-refractivity contribution >= 4 is 11.6 Å². The fourth-order valence-electron chi connectivity index (χ4n) is 2.82. The van der Waals surface area contributed by atoms with Gasteiger partial charge in [-0.1, -0.05) is 18.2 Å². The quantitative estimate of drug-likeness (QED) is 0.740. The molecule has 0 aromatic heterocycles. The van der Waals surface area contributed by atoms with Crippen LogP contribution in [0.15, 0.2) is 24.3 Å². The van der Waals surface area contributed by atoms with Crippen molar-refractivity contribution in [3.63, 3.8) is 0 Å². The Morgan fingerprint density at radius 2 is 2.24 bits per heavy atom. The van der Waals surface area contributed by atoms with E-state index in [2.05, 4.69) is 5.32 Å². The van der Waals surface area contributed by atoms with E-state index in [0.717, 1.165) is 37.2 Å². The number of anilines is 1. The maximum atomic E-state index is 11.9. The van der Waals surface area contributed by atoms with Gasteiger partial charge in [-0.25, -0.2) is 0 Å². The molecule has 2 bridgehead atoms. The molecule has 0 saturated carbocycles. The molecule has 2 aliphatic rings. The number of fused-ring (bicyclic) bond motifs is 2. The van der Waals surface area contributed by atoms with Crippen LogP contribution in [0, 0.1) is 0 Å². The zero-order valence-corrected chi connectivity index (χ0v) is 9.73. The van der Waals surface area contributed by atoms with Gasteiger partial charge < -0.3 is 16.0 Å². The van der Waals surface area contributed by atoms with Gasteiger partial charge in [0, 0.05) is 24.8 Å². The molecule has 1 amide bonds. The highest BCUT2D eigenvalue weighted by atomic mass is 16.2.